The molecule has 202 valence electrons. The van der Waals surface area contributed by atoms with Crippen molar-refractivity contribution in [1.29, 1.82) is 0 Å². The van der Waals surface area contributed by atoms with Crippen LogP contribution < -0.4 is 10.3 Å². The number of benzene rings is 2. The number of likely N-dealkylation sites (tertiary alicyclic amines) is 1. The first-order valence-corrected chi connectivity index (χ1v) is 13.3. The van der Waals surface area contributed by atoms with Gasteiger partial charge in [0.25, 0.3) is 11.5 Å². The van der Waals surface area contributed by atoms with Gasteiger partial charge in [-0.2, -0.15) is 5.10 Å². The lowest BCUT2D eigenvalue weighted by molar-refractivity contribution is 0.0591. The first-order valence-electron chi connectivity index (χ1n) is 13.3. The van der Waals surface area contributed by atoms with Crippen molar-refractivity contribution in [3.63, 3.8) is 0 Å². The van der Waals surface area contributed by atoms with Crippen LogP contribution in [0.4, 0.5) is 0 Å². The largest absolute Gasteiger partial charge is 0.490 e. The van der Waals surface area contributed by atoms with Crippen LogP contribution in [0.1, 0.15) is 58.0 Å². The molecule has 0 aliphatic carbocycles. The maximum Gasteiger partial charge on any atom is 0.335 e. The van der Waals surface area contributed by atoms with Crippen LogP contribution >= 0.6 is 0 Å². The Bertz CT molecular complexity index is 1630. The molecule has 0 radical (unpaired) electrons. The number of nitrogens with one attached hydrogen (secondary N) is 1. The van der Waals surface area contributed by atoms with Crippen molar-refractivity contribution < 1.29 is 24.2 Å². The molecule has 2 aromatic heterocycles. The molecule has 2 aliphatic rings. The number of rotatable bonds is 5. The van der Waals surface area contributed by atoms with Gasteiger partial charge >= 0.3 is 5.97 Å². The van der Waals surface area contributed by atoms with Gasteiger partial charge in [-0.1, -0.05) is 6.07 Å². The second kappa shape index (κ2) is 10.2. The molecule has 2 saturated heterocycles. The van der Waals surface area contributed by atoms with Gasteiger partial charge in [0.15, 0.2) is 0 Å². The van der Waals surface area contributed by atoms with E-state index >= 15 is 0 Å². The quantitative estimate of drug-likeness (QED) is 0.400. The smallest absolute Gasteiger partial charge is 0.335 e. The van der Waals surface area contributed by atoms with E-state index in [2.05, 4.69) is 10.1 Å². The zero-order chi connectivity index (χ0) is 27.1. The summed E-state index contributed by atoms with van der Waals surface area (Å²) in [7, 11) is 0. The Balaban J connectivity index is 1.25. The van der Waals surface area contributed by atoms with E-state index in [4.69, 9.17) is 9.47 Å². The number of hydrogen-bond donors (Lipinski definition) is 2. The summed E-state index contributed by atoms with van der Waals surface area (Å²) in [5.74, 6) is -0.537. The third kappa shape index (κ3) is 4.76. The van der Waals surface area contributed by atoms with Gasteiger partial charge in [0.1, 0.15) is 11.9 Å². The molecule has 2 N–H and O–H groups in total. The van der Waals surface area contributed by atoms with Crippen LogP contribution in [0.5, 0.6) is 5.75 Å². The fourth-order valence-electron chi connectivity index (χ4n) is 5.67. The number of aromatic amines is 1. The number of carbonyl (C=O) groups is 2. The first kappa shape index (κ1) is 25.1. The molecule has 6 rings (SSSR count). The highest BCUT2D eigenvalue weighted by molar-refractivity contribution is 6.07. The minimum absolute atomic E-state index is 0.0581. The first-order chi connectivity index (χ1) is 18.9. The highest BCUT2D eigenvalue weighted by atomic mass is 16.5. The van der Waals surface area contributed by atoms with E-state index in [0.717, 1.165) is 29.3 Å². The van der Waals surface area contributed by atoms with Crippen LogP contribution in [-0.4, -0.2) is 69.1 Å². The number of aromatic nitrogens is 3. The van der Waals surface area contributed by atoms with Crippen LogP contribution in [0.3, 0.4) is 0 Å². The maximum absolute atomic E-state index is 13.7. The zero-order valence-electron chi connectivity index (χ0n) is 21.7. The van der Waals surface area contributed by atoms with Gasteiger partial charge in [-0.05, 0) is 55.7 Å². The fraction of sp³-hybridized carbons (Fsp3) is 0.379. The number of amides is 1. The number of piperidine rings is 1. The van der Waals surface area contributed by atoms with Crippen molar-refractivity contribution in [2.24, 2.45) is 0 Å². The Kier molecular flexibility index (Phi) is 6.56. The number of nitrogens with zero attached hydrogens (tertiary/aromatic N) is 3. The second-order valence-corrected chi connectivity index (χ2v) is 10.3. The average Bonchev–Trinajstić information content (AvgIpc) is 3.40. The van der Waals surface area contributed by atoms with Gasteiger partial charge in [-0.15, -0.1) is 0 Å². The number of pyridine rings is 1. The number of carboxylic acids is 1. The lowest BCUT2D eigenvalue weighted by atomic mass is 10.00. The number of fused-ring (bicyclic) bond motifs is 3. The van der Waals surface area contributed by atoms with Crippen LogP contribution in [-0.2, 0) is 4.74 Å². The highest BCUT2D eigenvalue weighted by Crippen LogP contribution is 2.30. The summed E-state index contributed by atoms with van der Waals surface area (Å²) in [5.41, 5.74) is 2.83. The van der Waals surface area contributed by atoms with Crippen molar-refractivity contribution >= 4 is 33.7 Å². The lowest BCUT2D eigenvalue weighted by Gasteiger charge is -2.32. The van der Waals surface area contributed by atoms with Crippen LogP contribution in [0.25, 0.3) is 21.8 Å². The van der Waals surface area contributed by atoms with E-state index in [0.29, 0.717) is 61.4 Å². The van der Waals surface area contributed by atoms with Crippen LogP contribution in [0.2, 0.25) is 0 Å². The topological polar surface area (TPSA) is 127 Å². The molecule has 4 aromatic rings. The summed E-state index contributed by atoms with van der Waals surface area (Å²) in [6.07, 6.45) is 4.43. The Morgan fingerprint density at radius 1 is 1.08 bits per heavy atom. The Labute approximate surface area is 224 Å². The van der Waals surface area contributed by atoms with E-state index in [-0.39, 0.29) is 29.2 Å². The third-order valence-corrected chi connectivity index (χ3v) is 7.79. The molecule has 0 unspecified atom stereocenters. The zero-order valence-corrected chi connectivity index (χ0v) is 21.7. The molecular weight excluding hydrogens is 500 g/mol. The summed E-state index contributed by atoms with van der Waals surface area (Å²) in [4.78, 5) is 42.6. The van der Waals surface area contributed by atoms with Crippen molar-refractivity contribution in [3.05, 3.63) is 69.6 Å². The van der Waals surface area contributed by atoms with Gasteiger partial charge in [-0.25, -0.2) is 4.79 Å². The monoisotopic (exact) mass is 530 g/mol. The van der Waals surface area contributed by atoms with Crippen molar-refractivity contribution in [2.75, 3.05) is 26.3 Å². The number of H-pyrrole nitrogens is 1. The van der Waals surface area contributed by atoms with E-state index < -0.39 is 5.97 Å². The molecule has 0 saturated carbocycles. The molecule has 1 amide bonds. The van der Waals surface area contributed by atoms with Crippen molar-refractivity contribution in [2.45, 2.75) is 44.8 Å². The lowest BCUT2D eigenvalue weighted by Crippen LogP contribution is -2.42. The van der Waals surface area contributed by atoms with Crippen LogP contribution in [0, 0.1) is 6.92 Å². The number of aromatic carboxylic acids is 1. The van der Waals surface area contributed by atoms with Gasteiger partial charge in [-0.3, -0.25) is 14.3 Å². The SMILES string of the molecule is Cc1cc2[nH]c(=O)c3cnn(C4CCOCC4)c3c2cc1C(=O)N1CCC(Oc2cccc(C(=O)O)c2)CC1. The summed E-state index contributed by atoms with van der Waals surface area (Å²) >= 11 is 0. The summed E-state index contributed by atoms with van der Waals surface area (Å²) in [6, 6.07) is 10.4. The van der Waals surface area contributed by atoms with Crippen molar-refractivity contribution in [1.82, 2.24) is 19.7 Å². The summed E-state index contributed by atoms with van der Waals surface area (Å²) in [6.45, 7) is 4.25. The second-order valence-electron chi connectivity index (χ2n) is 10.3. The third-order valence-electron chi connectivity index (χ3n) is 7.79. The molecular formula is C29H30N4O6. The predicted octanol–water partition coefficient (Wildman–Crippen LogP) is 3.92. The van der Waals surface area contributed by atoms with E-state index in [1.54, 1.807) is 18.3 Å². The number of ether oxygens (including phenoxy) is 2. The molecule has 39 heavy (non-hydrogen) atoms. The fourth-order valence-corrected chi connectivity index (χ4v) is 5.67. The molecule has 2 aromatic carbocycles. The van der Waals surface area contributed by atoms with E-state index in [9.17, 15) is 19.5 Å². The molecule has 4 heterocycles. The summed E-state index contributed by atoms with van der Waals surface area (Å²) < 4.78 is 13.5. The average molecular weight is 531 g/mol. The molecule has 0 atom stereocenters. The Hall–Kier alpha value is -4.18. The number of aryl methyl sites for hydroxylation is 1. The van der Waals surface area contributed by atoms with Gasteiger partial charge in [0.2, 0.25) is 0 Å². The number of hydrogen-bond acceptors (Lipinski definition) is 6. The van der Waals surface area contributed by atoms with Gasteiger partial charge in [0, 0.05) is 50.1 Å². The number of carbonyl (C=O) groups excluding carboxylic acids is 1. The van der Waals surface area contributed by atoms with Crippen molar-refractivity contribution in [3.8, 4) is 5.75 Å². The Morgan fingerprint density at radius 2 is 1.85 bits per heavy atom. The highest BCUT2D eigenvalue weighted by Gasteiger charge is 2.27. The maximum atomic E-state index is 13.7. The standard InChI is InChI=1S/C29H30N4O6/c1-17-13-25-23(26-24(27(34)31-25)16-30-33(26)19-7-11-38-12-8-19)15-22(17)28(35)32-9-5-20(6-10-32)39-21-4-2-3-18(14-21)29(36)37/h2-4,13-16,19-20H,5-12H2,1H3,(H,31,34)(H,36,37). The predicted molar refractivity (Wildman–Crippen MR) is 145 cm³/mol. The Morgan fingerprint density at radius 3 is 2.59 bits per heavy atom. The minimum atomic E-state index is -0.996. The molecule has 10 heteroatoms. The summed E-state index contributed by atoms with van der Waals surface area (Å²) in [5, 5.41) is 15.1. The molecule has 2 aliphatic heterocycles. The number of carboxylic acid groups (broad SMARTS) is 1. The van der Waals surface area contributed by atoms with Crippen LogP contribution in [0.15, 0.2) is 47.4 Å². The molecule has 2 fully saturated rings. The molecule has 0 bridgehead atoms. The minimum Gasteiger partial charge on any atom is -0.490 e. The van der Waals surface area contributed by atoms with Gasteiger partial charge < -0.3 is 24.5 Å². The molecule has 0 spiro atoms. The molecule has 10 nitrogen and oxygen atoms in total. The van der Waals surface area contributed by atoms with E-state index in [1.807, 2.05) is 28.6 Å². The van der Waals surface area contributed by atoms with E-state index in [1.165, 1.54) is 12.1 Å². The van der Waals surface area contributed by atoms with Gasteiger partial charge in [0.05, 0.1) is 34.2 Å². The normalized spacial score (nSPS) is 17.1.